The van der Waals surface area contributed by atoms with Crippen molar-refractivity contribution in [2.24, 2.45) is 22.7 Å². The number of hydrogen-bond acceptors (Lipinski definition) is 7. The lowest BCUT2D eigenvalue weighted by atomic mass is 9.49. The zero-order valence-corrected chi connectivity index (χ0v) is 36.0. The van der Waals surface area contributed by atoms with Crippen LogP contribution in [0.25, 0.3) is 0 Å². The predicted molar refractivity (Wildman–Crippen MR) is 221 cm³/mol. The fraction of sp³-hybridized carbons (Fsp3) is 0.653. The molecule has 0 heterocycles. The second kappa shape index (κ2) is 16.1. The van der Waals surface area contributed by atoms with Crippen molar-refractivity contribution in [3.63, 3.8) is 0 Å². The summed E-state index contributed by atoms with van der Waals surface area (Å²) in [5.41, 5.74) is 6.41. The van der Waals surface area contributed by atoms with Gasteiger partial charge in [0, 0.05) is 24.0 Å². The lowest BCUT2D eigenvalue weighted by Crippen LogP contribution is -2.53. The number of ketones is 2. The number of aliphatic carboxylic acids is 1. The van der Waals surface area contributed by atoms with Crippen LogP contribution in [0.3, 0.4) is 0 Å². The first-order valence-corrected chi connectivity index (χ1v) is 21.7. The Hall–Kier alpha value is -3.81. The Morgan fingerprint density at radius 2 is 1.11 bits per heavy atom. The first kappa shape index (κ1) is 42.8. The van der Waals surface area contributed by atoms with Gasteiger partial charge >= 0.3 is 17.9 Å². The lowest BCUT2D eigenvalue weighted by molar-refractivity contribution is -0.167. The van der Waals surface area contributed by atoms with E-state index in [0.717, 1.165) is 86.5 Å². The summed E-state index contributed by atoms with van der Waals surface area (Å²) in [5, 5.41) is 9.25. The molecule has 8 heteroatoms. The fourth-order valence-electron chi connectivity index (χ4n) is 12.1. The third-order valence-corrected chi connectivity index (χ3v) is 15.2. The van der Waals surface area contributed by atoms with Gasteiger partial charge in [-0.25, -0.2) is 0 Å². The SMILES string of the molecule is CC(=O)c1cc2c(cc1C(C)C)CCC1C(C)(C(=O)OCCCOC(=O)C3(C)CCCC4(C)c5cc(C(=O)CCC(=O)O)c(C(C)C)cc5CCC34)CCCC21C. The number of benzene rings is 2. The van der Waals surface area contributed by atoms with Crippen LogP contribution >= 0.6 is 0 Å². The van der Waals surface area contributed by atoms with E-state index in [1.807, 2.05) is 13.0 Å². The van der Waals surface area contributed by atoms with Gasteiger partial charge in [-0.2, -0.15) is 0 Å². The van der Waals surface area contributed by atoms with Gasteiger partial charge in [-0.05, 0) is 152 Å². The van der Waals surface area contributed by atoms with E-state index in [9.17, 15) is 29.1 Å². The molecular formula is C49H66O8. The topological polar surface area (TPSA) is 124 Å². The summed E-state index contributed by atoms with van der Waals surface area (Å²) in [6, 6.07) is 8.58. The van der Waals surface area contributed by atoms with Gasteiger partial charge in [0.15, 0.2) is 11.6 Å². The highest BCUT2D eigenvalue weighted by Crippen LogP contribution is 2.59. The van der Waals surface area contributed by atoms with E-state index < -0.39 is 16.8 Å². The molecule has 6 atom stereocenters. The summed E-state index contributed by atoms with van der Waals surface area (Å²) >= 11 is 0. The normalized spacial score (nSPS) is 29.1. The molecule has 6 unspecified atom stereocenters. The number of carbonyl (C=O) groups excluding carboxylic acids is 4. The van der Waals surface area contributed by atoms with Crippen molar-refractivity contribution in [1.82, 2.24) is 0 Å². The molecule has 8 nitrogen and oxygen atoms in total. The van der Waals surface area contributed by atoms with Crippen LogP contribution in [0.5, 0.6) is 0 Å². The van der Waals surface area contributed by atoms with Crippen molar-refractivity contribution in [3.05, 3.63) is 68.8 Å². The van der Waals surface area contributed by atoms with Crippen LogP contribution in [0, 0.1) is 22.7 Å². The molecule has 4 aliphatic carbocycles. The summed E-state index contributed by atoms with van der Waals surface area (Å²) in [7, 11) is 0. The summed E-state index contributed by atoms with van der Waals surface area (Å²) in [6.07, 6.45) is 8.70. The molecule has 6 rings (SSSR count). The van der Waals surface area contributed by atoms with Crippen LogP contribution in [0.1, 0.15) is 199 Å². The number of fused-ring (bicyclic) bond motifs is 6. The maximum atomic E-state index is 14.0. The van der Waals surface area contributed by atoms with E-state index in [-0.39, 0.29) is 84.1 Å². The average molecular weight is 783 g/mol. The van der Waals surface area contributed by atoms with Gasteiger partial charge in [-0.1, -0.05) is 66.5 Å². The molecule has 0 saturated heterocycles. The van der Waals surface area contributed by atoms with Crippen molar-refractivity contribution in [3.8, 4) is 0 Å². The number of hydrogen-bond donors (Lipinski definition) is 1. The van der Waals surface area contributed by atoms with E-state index >= 15 is 0 Å². The number of carbonyl (C=O) groups is 5. The summed E-state index contributed by atoms with van der Waals surface area (Å²) in [4.78, 5) is 65.5. The number of esters is 2. The summed E-state index contributed by atoms with van der Waals surface area (Å²) in [6.45, 7) is 19.0. The molecule has 4 aliphatic rings. The van der Waals surface area contributed by atoms with Gasteiger partial charge in [0.25, 0.3) is 0 Å². The van der Waals surface area contributed by atoms with E-state index in [0.29, 0.717) is 12.0 Å². The van der Waals surface area contributed by atoms with Crippen LogP contribution < -0.4 is 0 Å². The smallest absolute Gasteiger partial charge is 0.312 e. The largest absolute Gasteiger partial charge is 0.481 e. The number of carboxylic acid groups (broad SMARTS) is 1. The second-order valence-electron chi connectivity index (χ2n) is 19.6. The van der Waals surface area contributed by atoms with Gasteiger partial charge in [-0.15, -0.1) is 0 Å². The minimum Gasteiger partial charge on any atom is -0.481 e. The molecule has 310 valence electrons. The molecule has 0 amide bonds. The van der Waals surface area contributed by atoms with Crippen LogP contribution in [-0.2, 0) is 47.5 Å². The Bertz CT molecular complexity index is 1940. The molecule has 2 fully saturated rings. The summed E-state index contributed by atoms with van der Waals surface area (Å²) in [5.74, 6) is -0.959. The molecule has 57 heavy (non-hydrogen) atoms. The first-order chi connectivity index (χ1) is 26.8. The minimum absolute atomic E-state index is 0.0214. The van der Waals surface area contributed by atoms with E-state index in [1.165, 1.54) is 16.7 Å². The monoisotopic (exact) mass is 782 g/mol. The lowest BCUT2D eigenvalue weighted by Gasteiger charge is -2.54. The van der Waals surface area contributed by atoms with Crippen LogP contribution in [0.4, 0.5) is 0 Å². The van der Waals surface area contributed by atoms with Gasteiger partial charge in [0.1, 0.15) is 0 Å². The molecule has 0 spiro atoms. The van der Waals surface area contributed by atoms with Crippen molar-refractivity contribution in [2.45, 2.75) is 168 Å². The number of aryl methyl sites for hydroxylation is 2. The number of ether oxygens (including phenoxy) is 2. The van der Waals surface area contributed by atoms with Crippen molar-refractivity contribution in [2.75, 3.05) is 13.2 Å². The Morgan fingerprint density at radius 1 is 0.667 bits per heavy atom. The van der Waals surface area contributed by atoms with Gasteiger partial charge < -0.3 is 14.6 Å². The third-order valence-electron chi connectivity index (χ3n) is 15.2. The maximum absolute atomic E-state index is 14.0. The predicted octanol–water partition coefficient (Wildman–Crippen LogP) is 10.4. The molecule has 1 N–H and O–H groups in total. The third kappa shape index (κ3) is 7.64. The molecule has 0 radical (unpaired) electrons. The highest BCUT2D eigenvalue weighted by atomic mass is 16.5. The van der Waals surface area contributed by atoms with Gasteiger partial charge in [0.05, 0.1) is 30.5 Å². The first-order valence-electron chi connectivity index (χ1n) is 21.7. The molecule has 2 saturated carbocycles. The Morgan fingerprint density at radius 3 is 1.53 bits per heavy atom. The quantitative estimate of drug-likeness (QED) is 0.121. The number of rotatable bonds is 13. The number of Topliss-reactive ketones (excluding diaryl/α,β-unsaturated/α-hetero) is 2. The van der Waals surface area contributed by atoms with Crippen LogP contribution in [0.2, 0.25) is 0 Å². The minimum atomic E-state index is -0.984. The fourth-order valence-corrected chi connectivity index (χ4v) is 12.1. The average Bonchev–Trinajstić information content (AvgIpc) is 3.15. The van der Waals surface area contributed by atoms with Crippen LogP contribution in [0.15, 0.2) is 24.3 Å². The van der Waals surface area contributed by atoms with E-state index in [4.69, 9.17) is 9.47 Å². The van der Waals surface area contributed by atoms with Crippen molar-refractivity contribution in [1.29, 1.82) is 0 Å². The molecule has 0 aliphatic heterocycles. The number of carboxylic acids is 1. The van der Waals surface area contributed by atoms with E-state index in [2.05, 4.69) is 66.7 Å². The van der Waals surface area contributed by atoms with Crippen molar-refractivity contribution >= 4 is 29.5 Å². The Balaban J connectivity index is 1.10. The zero-order valence-electron chi connectivity index (χ0n) is 36.0. The molecule has 0 bridgehead atoms. The maximum Gasteiger partial charge on any atom is 0.312 e. The highest BCUT2D eigenvalue weighted by molar-refractivity contribution is 5.99. The van der Waals surface area contributed by atoms with Crippen molar-refractivity contribution < 1.29 is 38.6 Å². The van der Waals surface area contributed by atoms with Gasteiger partial charge in [-0.3, -0.25) is 24.0 Å². The molecule has 2 aromatic rings. The van der Waals surface area contributed by atoms with Gasteiger partial charge in [0.2, 0.25) is 0 Å². The zero-order chi connectivity index (χ0) is 41.7. The van der Waals surface area contributed by atoms with E-state index in [1.54, 1.807) is 6.92 Å². The Kier molecular flexibility index (Phi) is 12.1. The van der Waals surface area contributed by atoms with Crippen LogP contribution in [-0.4, -0.2) is 47.8 Å². The standard InChI is InChI=1S/C49H66O8/c1-29(2)34-25-32-13-16-41-46(6,38(32)27-36(34)31(5)50)19-10-21-48(41,8)44(54)56-23-12-24-57-45(55)49(9)22-11-20-47(7)39-28-37(40(51)15-18-43(52)53)35(30(3)4)26-33(39)14-17-42(47)49/h25-30,41-42H,10-24H2,1-9H3,(H,52,53). The Labute approximate surface area is 340 Å². The summed E-state index contributed by atoms with van der Waals surface area (Å²) < 4.78 is 12.0. The second-order valence-corrected chi connectivity index (χ2v) is 19.6. The highest BCUT2D eigenvalue weighted by Gasteiger charge is 2.57. The molecular weight excluding hydrogens is 717 g/mol. The molecule has 2 aromatic carbocycles. The molecule has 0 aromatic heterocycles.